The molecule has 1 aliphatic carbocycles. The van der Waals surface area contributed by atoms with Crippen molar-refractivity contribution in [2.24, 2.45) is 17.8 Å². The number of aromatic nitrogens is 2. The number of nitrogens with zero attached hydrogens (tertiary/aromatic N) is 2. The number of aliphatic hydroxyl groups is 1. The minimum Gasteiger partial charge on any atom is -0.668 e. The van der Waals surface area contributed by atoms with E-state index in [1.807, 2.05) is 62.4 Å². The lowest BCUT2D eigenvalue weighted by atomic mass is 9.59. The van der Waals surface area contributed by atoms with Gasteiger partial charge in [0.15, 0.2) is 23.0 Å². The maximum Gasteiger partial charge on any atom is 0.200 e. The molecule has 2 aromatic heterocycles. The minimum atomic E-state index is -1.06. The van der Waals surface area contributed by atoms with Crippen LogP contribution < -0.4 is 19.8 Å². The second-order valence-corrected chi connectivity index (χ2v) is 16.5. The fraction of sp³-hybridized carbons (Fsp3) is 0.347. The maximum atomic E-state index is 15.2. The van der Waals surface area contributed by atoms with Crippen LogP contribution >= 0.6 is 0 Å². The van der Waals surface area contributed by atoms with Crippen molar-refractivity contribution in [1.82, 2.24) is 9.97 Å². The molecule has 4 atom stereocenters. The van der Waals surface area contributed by atoms with Crippen LogP contribution in [0.2, 0.25) is 0 Å². The van der Waals surface area contributed by atoms with E-state index in [0.29, 0.717) is 43.0 Å². The Balaban J connectivity index is 1.27. The molecule has 60 heavy (non-hydrogen) atoms. The highest BCUT2D eigenvalue weighted by molar-refractivity contribution is 5.87. The number of hydrogen-bond donors (Lipinski definition) is 6. The molecular weight excluding hydrogens is 759 g/mol. The van der Waals surface area contributed by atoms with Crippen LogP contribution in [0.4, 0.5) is 11.5 Å². The third-order valence-electron chi connectivity index (χ3n) is 11.9. The van der Waals surface area contributed by atoms with E-state index < -0.39 is 17.4 Å². The smallest absolute Gasteiger partial charge is 0.200 e. The number of aromatic hydroxyl groups is 4. The average molecular weight is 813 g/mol. The van der Waals surface area contributed by atoms with Gasteiger partial charge in [0, 0.05) is 23.7 Å². The van der Waals surface area contributed by atoms with Gasteiger partial charge in [-0.1, -0.05) is 50.6 Å². The zero-order chi connectivity index (χ0) is 42.4. The number of aryl methyl sites for hydroxylation is 2. The van der Waals surface area contributed by atoms with Crippen molar-refractivity contribution < 1.29 is 39.8 Å². The van der Waals surface area contributed by atoms with E-state index >= 15 is 4.79 Å². The molecule has 1 aliphatic rings. The van der Waals surface area contributed by atoms with Crippen LogP contribution in [0.25, 0.3) is 10.8 Å². The molecule has 0 aliphatic heterocycles. The van der Waals surface area contributed by atoms with Crippen LogP contribution in [0.5, 0.6) is 34.5 Å². The van der Waals surface area contributed by atoms with Crippen molar-refractivity contribution in [3.8, 4) is 34.5 Å². The first-order valence-corrected chi connectivity index (χ1v) is 20.7. The number of hydrogen-bond acceptors (Lipinski definition) is 10. The summed E-state index contributed by atoms with van der Waals surface area (Å²) in [5.41, 5.74) is 3.29. The number of Topliss-reactive ketones (excluding diaryl/α,β-unsaturated/α-hetero) is 1. The summed E-state index contributed by atoms with van der Waals surface area (Å²) in [7, 11) is 1.49. The number of carbonyl (C=O) groups is 1. The van der Waals surface area contributed by atoms with Gasteiger partial charge in [-0.05, 0) is 138 Å². The minimum absolute atomic E-state index is 0.0202. The monoisotopic (exact) mass is 812 g/mol. The summed E-state index contributed by atoms with van der Waals surface area (Å²) < 4.78 is 11.2. The lowest BCUT2D eigenvalue weighted by molar-refractivity contribution is -0.131. The van der Waals surface area contributed by atoms with Gasteiger partial charge in [0.25, 0.3) is 0 Å². The maximum absolute atomic E-state index is 15.2. The van der Waals surface area contributed by atoms with Gasteiger partial charge in [0.2, 0.25) is 5.75 Å². The standard InChI is InChI=1S/C49H54N3O8/c1-30(2)29-60-45-24-32(22-43(57)48(45)58)10-17-42(56)47(41(55)16-9-31-8-15-40(54)44(23-31)59-3)49(19-4-6-35(49)27-37-7-5-20-50-37)36-18-21-51-46(28-36)52-38-13-11-34-26-39(53)14-12-33(34)25-38/h5,7-8,11-15,18,20-26,28,30,35,41,47,53-55,57-58H,4,6,9-10,16-17,19,27,29H2,1-3H3,(H,51,52)/q-1. The highest BCUT2D eigenvalue weighted by Gasteiger charge is 2.54. The number of benzene rings is 4. The molecule has 2 heterocycles. The first-order chi connectivity index (χ1) is 28.9. The van der Waals surface area contributed by atoms with Gasteiger partial charge in [0.1, 0.15) is 17.4 Å². The molecule has 11 heteroatoms. The third kappa shape index (κ3) is 9.31. The van der Waals surface area contributed by atoms with E-state index in [9.17, 15) is 25.5 Å². The summed E-state index contributed by atoms with van der Waals surface area (Å²) in [4.78, 5) is 24.5. The Hall–Kier alpha value is -6.20. The first-order valence-electron chi connectivity index (χ1n) is 20.7. The molecular formula is C49H54N3O8-. The Labute approximate surface area is 350 Å². The van der Waals surface area contributed by atoms with E-state index in [4.69, 9.17) is 14.5 Å². The van der Waals surface area contributed by atoms with Crippen LogP contribution in [0.1, 0.15) is 68.3 Å². The summed E-state index contributed by atoms with van der Waals surface area (Å²) in [5.74, 6) is -0.197. The summed E-state index contributed by atoms with van der Waals surface area (Å²) in [6.07, 6.45) is 6.40. The third-order valence-corrected chi connectivity index (χ3v) is 11.9. The van der Waals surface area contributed by atoms with Crippen molar-refractivity contribution in [3.05, 3.63) is 126 Å². The summed E-state index contributed by atoms with van der Waals surface area (Å²) in [6, 6.07) is 27.2. The van der Waals surface area contributed by atoms with Crippen LogP contribution in [0, 0.1) is 17.8 Å². The highest BCUT2D eigenvalue weighted by Crippen LogP contribution is 2.54. The number of ketones is 1. The van der Waals surface area contributed by atoms with Crippen molar-refractivity contribution in [2.75, 3.05) is 19.0 Å². The number of ether oxygens (including phenoxy) is 2. The molecule has 11 nitrogen and oxygen atoms in total. The zero-order valence-electron chi connectivity index (χ0n) is 34.3. The summed E-state index contributed by atoms with van der Waals surface area (Å²) in [6.45, 7) is 4.32. The fourth-order valence-corrected chi connectivity index (χ4v) is 9.10. The highest BCUT2D eigenvalue weighted by atomic mass is 16.5. The van der Waals surface area contributed by atoms with E-state index in [-0.39, 0.29) is 65.6 Å². The van der Waals surface area contributed by atoms with Crippen LogP contribution in [0.3, 0.4) is 0 Å². The molecule has 6 N–H and O–H groups in total. The summed E-state index contributed by atoms with van der Waals surface area (Å²) in [5, 5.41) is 59.3. The molecule has 0 radical (unpaired) electrons. The molecule has 1 saturated carbocycles. The Morgan fingerprint density at radius 1 is 0.900 bits per heavy atom. The Morgan fingerprint density at radius 3 is 2.48 bits per heavy atom. The Bertz CT molecular complexity index is 2410. The number of pyridine rings is 1. The van der Waals surface area contributed by atoms with Crippen LogP contribution in [-0.2, 0) is 29.5 Å². The van der Waals surface area contributed by atoms with Crippen molar-refractivity contribution >= 4 is 28.1 Å². The van der Waals surface area contributed by atoms with Gasteiger partial charge in [-0.2, -0.15) is 11.9 Å². The second-order valence-electron chi connectivity index (χ2n) is 16.5. The van der Waals surface area contributed by atoms with Crippen LogP contribution in [-0.4, -0.2) is 56.1 Å². The fourth-order valence-electron chi connectivity index (χ4n) is 9.10. The normalized spacial score (nSPS) is 17.4. The van der Waals surface area contributed by atoms with E-state index in [1.54, 1.807) is 48.8 Å². The molecule has 1 fully saturated rings. The van der Waals surface area contributed by atoms with Gasteiger partial charge in [-0.15, -0.1) is 0 Å². The number of fused-ring (bicyclic) bond motifs is 1. The number of aliphatic hydroxyl groups excluding tert-OH is 1. The molecule has 7 rings (SSSR count). The van der Waals surface area contributed by atoms with Gasteiger partial charge < -0.3 is 45.3 Å². The van der Waals surface area contributed by atoms with Gasteiger partial charge in [-0.25, -0.2) is 4.98 Å². The van der Waals surface area contributed by atoms with Crippen molar-refractivity contribution in [1.29, 1.82) is 0 Å². The largest absolute Gasteiger partial charge is 0.668 e. The SMILES string of the molecule is COc1cc(CCC(O)C(C(=O)CCc2cc(O)c(O)c(OCC(C)C)c2)C2(c3ccnc(Nc4ccc5cc(O)ccc5c4)c3)CCCC2Cc2ccc[n-]2)ccc1O. The number of phenolic OH excluding ortho intramolecular Hbond substituents is 4. The van der Waals surface area contributed by atoms with Gasteiger partial charge in [-0.3, -0.25) is 4.79 Å². The molecule has 0 spiro atoms. The first kappa shape index (κ1) is 41.9. The number of carbonyl (C=O) groups excluding carboxylic acids is 1. The molecule has 6 aromatic rings. The lowest BCUT2D eigenvalue weighted by Gasteiger charge is -2.45. The van der Waals surface area contributed by atoms with E-state index in [2.05, 4.69) is 10.3 Å². The van der Waals surface area contributed by atoms with Gasteiger partial charge in [0.05, 0.1) is 25.7 Å². The number of nitrogens with one attached hydrogen (secondary N) is 1. The molecule has 4 aromatic carbocycles. The number of anilines is 2. The second kappa shape index (κ2) is 18.4. The average Bonchev–Trinajstić information content (AvgIpc) is 3.91. The van der Waals surface area contributed by atoms with Gasteiger partial charge >= 0.3 is 0 Å². The molecule has 0 amide bonds. The molecule has 314 valence electrons. The number of rotatable bonds is 18. The summed E-state index contributed by atoms with van der Waals surface area (Å²) >= 11 is 0. The number of methoxy groups -OCH3 is 1. The van der Waals surface area contributed by atoms with Crippen molar-refractivity contribution in [2.45, 2.75) is 76.7 Å². The predicted molar refractivity (Wildman–Crippen MR) is 232 cm³/mol. The van der Waals surface area contributed by atoms with E-state index in [1.165, 1.54) is 13.2 Å². The predicted octanol–water partition coefficient (Wildman–Crippen LogP) is 8.89. The topological polar surface area (TPSA) is 176 Å². The zero-order valence-corrected chi connectivity index (χ0v) is 34.3. The van der Waals surface area contributed by atoms with E-state index in [0.717, 1.165) is 46.1 Å². The Morgan fingerprint density at radius 2 is 1.70 bits per heavy atom. The molecule has 4 unspecified atom stereocenters. The van der Waals surface area contributed by atoms with Crippen LogP contribution in [0.15, 0.2) is 103 Å². The van der Waals surface area contributed by atoms with Crippen molar-refractivity contribution in [3.63, 3.8) is 0 Å². The number of phenols is 4. The molecule has 0 bridgehead atoms. The quantitative estimate of drug-likeness (QED) is 0.0457. The molecule has 0 saturated heterocycles. The lowest BCUT2D eigenvalue weighted by Crippen LogP contribution is -2.49. The Kier molecular flexibility index (Phi) is 12.8.